The number of rotatable bonds is 10. The van der Waals surface area contributed by atoms with Gasteiger partial charge in [-0.25, -0.2) is 9.97 Å². The first-order valence-corrected chi connectivity index (χ1v) is 11.8. The number of nitrogens with zero attached hydrogens (tertiary/aromatic N) is 4. The van der Waals surface area contributed by atoms with Crippen LogP contribution in [0.3, 0.4) is 0 Å². The molecule has 0 bridgehead atoms. The average molecular weight is 452 g/mol. The fourth-order valence-corrected chi connectivity index (χ4v) is 3.97. The number of benzene rings is 1. The summed E-state index contributed by atoms with van der Waals surface area (Å²) in [5.74, 6) is 0.358. The van der Waals surface area contributed by atoms with Crippen LogP contribution in [-0.2, 0) is 16.0 Å². The lowest BCUT2D eigenvalue weighted by Gasteiger charge is -2.26. The van der Waals surface area contributed by atoms with Crippen LogP contribution in [0, 0.1) is 6.92 Å². The highest BCUT2D eigenvalue weighted by atomic mass is 16.5. The van der Waals surface area contributed by atoms with E-state index >= 15 is 0 Å². The molecule has 0 radical (unpaired) electrons. The maximum Gasteiger partial charge on any atom is 0.295 e. The van der Waals surface area contributed by atoms with Gasteiger partial charge in [0.1, 0.15) is 5.52 Å². The molecule has 1 N–H and O–H groups in total. The lowest BCUT2D eigenvalue weighted by Crippen LogP contribution is -2.39. The van der Waals surface area contributed by atoms with E-state index in [1.54, 1.807) is 4.57 Å². The number of hydrogen-bond donors (Lipinski definition) is 1. The predicted molar refractivity (Wildman–Crippen MR) is 131 cm³/mol. The maximum absolute atomic E-state index is 13.3. The van der Waals surface area contributed by atoms with Crippen molar-refractivity contribution >= 4 is 17.0 Å². The molecule has 2 aromatic heterocycles. The van der Waals surface area contributed by atoms with Crippen LogP contribution in [0.1, 0.15) is 18.9 Å². The minimum atomic E-state index is -0.168. The van der Waals surface area contributed by atoms with Crippen LogP contribution in [0.15, 0.2) is 41.2 Å². The molecule has 1 saturated heterocycles. The Hall–Kier alpha value is -2.81. The molecule has 1 aromatic carbocycles. The van der Waals surface area contributed by atoms with Crippen LogP contribution in [0.25, 0.3) is 22.4 Å². The summed E-state index contributed by atoms with van der Waals surface area (Å²) in [5, 5.41) is 3.25. The Bertz CT molecular complexity index is 1120. The van der Waals surface area contributed by atoms with Crippen molar-refractivity contribution in [1.29, 1.82) is 0 Å². The van der Waals surface area contributed by atoms with E-state index < -0.39 is 0 Å². The van der Waals surface area contributed by atoms with E-state index in [0.717, 1.165) is 56.1 Å². The zero-order valence-electron chi connectivity index (χ0n) is 19.5. The van der Waals surface area contributed by atoms with Gasteiger partial charge in [-0.3, -0.25) is 14.3 Å². The van der Waals surface area contributed by atoms with Crippen molar-refractivity contribution in [3.63, 3.8) is 0 Å². The number of nitrogens with one attached hydrogen (secondary N) is 1. The first-order valence-electron chi connectivity index (χ1n) is 11.8. The number of ether oxygens (including phenoxy) is 2. The molecule has 3 heterocycles. The third kappa shape index (κ3) is 5.96. The summed E-state index contributed by atoms with van der Waals surface area (Å²) in [7, 11) is 0. The summed E-state index contributed by atoms with van der Waals surface area (Å²) in [6, 6.07) is 12.1. The zero-order chi connectivity index (χ0) is 23.0. The fraction of sp³-hybridized carbons (Fsp3) is 0.480. The van der Waals surface area contributed by atoms with Gasteiger partial charge in [0.05, 0.1) is 32.1 Å². The number of aromatic nitrogens is 3. The fourth-order valence-electron chi connectivity index (χ4n) is 3.97. The second-order valence-electron chi connectivity index (χ2n) is 8.32. The molecule has 1 aliphatic rings. The number of pyridine rings is 1. The van der Waals surface area contributed by atoms with E-state index in [2.05, 4.69) is 41.2 Å². The number of fused-ring (bicyclic) bond motifs is 1. The third-order valence-corrected chi connectivity index (χ3v) is 5.74. The highest BCUT2D eigenvalue weighted by Gasteiger charge is 2.15. The minimum absolute atomic E-state index is 0.168. The summed E-state index contributed by atoms with van der Waals surface area (Å²) in [6.07, 6.45) is 0.941. The van der Waals surface area contributed by atoms with Gasteiger partial charge in [0.2, 0.25) is 0 Å². The molecule has 1 fully saturated rings. The van der Waals surface area contributed by atoms with E-state index in [1.807, 2.05) is 24.3 Å². The minimum Gasteiger partial charge on any atom is -0.380 e. The SMILES string of the molecule is CCCOCCn1c(=O)c(NCCN2CCOCC2)nc2ccc(-c3cccc(C)c3)nc21. The molecule has 176 valence electrons. The number of morpholine rings is 1. The van der Waals surface area contributed by atoms with Gasteiger partial charge >= 0.3 is 0 Å². The summed E-state index contributed by atoms with van der Waals surface area (Å²) in [6.45, 7) is 10.5. The van der Waals surface area contributed by atoms with Crippen molar-refractivity contribution in [3.8, 4) is 11.3 Å². The number of aryl methyl sites for hydroxylation is 1. The van der Waals surface area contributed by atoms with Crippen LogP contribution in [0.5, 0.6) is 0 Å². The molecule has 0 saturated carbocycles. The molecule has 0 aliphatic carbocycles. The van der Waals surface area contributed by atoms with Crippen LogP contribution < -0.4 is 10.9 Å². The first kappa shape index (κ1) is 23.4. The lowest BCUT2D eigenvalue weighted by molar-refractivity contribution is 0.0398. The third-order valence-electron chi connectivity index (χ3n) is 5.74. The first-order chi connectivity index (χ1) is 16.2. The van der Waals surface area contributed by atoms with E-state index in [-0.39, 0.29) is 5.56 Å². The Morgan fingerprint density at radius 3 is 2.73 bits per heavy atom. The van der Waals surface area contributed by atoms with Gasteiger partial charge < -0.3 is 14.8 Å². The molecule has 0 spiro atoms. The molecule has 0 amide bonds. The molecule has 3 aromatic rings. The van der Waals surface area contributed by atoms with Gasteiger partial charge in [-0.15, -0.1) is 0 Å². The standard InChI is InChI=1S/C25H33N5O3/c1-3-14-32-17-13-30-24-22(8-7-21(28-24)20-6-4-5-19(2)18-20)27-23(25(30)31)26-9-10-29-11-15-33-16-12-29/h4-8,18H,3,9-17H2,1-2H3,(H,26,27). The molecule has 8 heteroatoms. The Kier molecular flexibility index (Phi) is 8.04. The van der Waals surface area contributed by atoms with Gasteiger partial charge in [0.15, 0.2) is 11.5 Å². The van der Waals surface area contributed by atoms with Gasteiger partial charge in [0.25, 0.3) is 5.56 Å². The summed E-state index contributed by atoms with van der Waals surface area (Å²) in [4.78, 5) is 25.1. The molecule has 4 rings (SSSR count). The molecule has 33 heavy (non-hydrogen) atoms. The van der Waals surface area contributed by atoms with E-state index in [9.17, 15) is 4.79 Å². The Balaban J connectivity index is 1.62. The van der Waals surface area contributed by atoms with E-state index in [1.165, 1.54) is 0 Å². The van der Waals surface area contributed by atoms with Crippen molar-refractivity contribution in [2.45, 2.75) is 26.8 Å². The van der Waals surface area contributed by atoms with Gasteiger partial charge in [-0.05, 0) is 31.5 Å². The Labute approximate surface area is 194 Å². The van der Waals surface area contributed by atoms with Crippen molar-refractivity contribution in [2.75, 3.05) is 57.9 Å². The zero-order valence-corrected chi connectivity index (χ0v) is 19.5. The molecule has 1 aliphatic heterocycles. The lowest BCUT2D eigenvalue weighted by atomic mass is 10.1. The topological polar surface area (TPSA) is 81.5 Å². The van der Waals surface area contributed by atoms with Crippen LogP contribution in [0.4, 0.5) is 5.82 Å². The number of anilines is 1. The quantitative estimate of drug-likeness (QED) is 0.475. The number of hydrogen-bond acceptors (Lipinski definition) is 7. The summed E-state index contributed by atoms with van der Waals surface area (Å²) < 4.78 is 12.8. The van der Waals surface area contributed by atoms with Crippen molar-refractivity contribution in [3.05, 3.63) is 52.3 Å². The molecular weight excluding hydrogens is 418 g/mol. The maximum atomic E-state index is 13.3. The van der Waals surface area contributed by atoms with Gasteiger partial charge in [0, 0.05) is 38.3 Å². The molecule has 0 unspecified atom stereocenters. The second kappa shape index (κ2) is 11.4. The van der Waals surface area contributed by atoms with Crippen molar-refractivity contribution in [2.24, 2.45) is 0 Å². The van der Waals surface area contributed by atoms with Crippen LogP contribution in [0.2, 0.25) is 0 Å². The predicted octanol–water partition coefficient (Wildman–Crippen LogP) is 2.94. The average Bonchev–Trinajstić information content (AvgIpc) is 2.84. The molecule has 0 atom stereocenters. The van der Waals surface area contributed by atoms with Gasteiger partial charge in [-0.1, -0.05) is 30.7 Å². The highest BCUT2D eigenvalue weighted by molar-refractivity contribution is 5.76. The Morgan fingerprint density at radius 2 is 1.94 bits per heavy atom. The smallest absolute Gasteiger partial charge is 0.295 e. The largest absolute Gasteiger partial charge is 0.380 e. The monoisotopic (exact) mass is 451 g/mol. The Morgan fingerprint density at radius 1 is 1.09 bits per heavy atom. The van der Waals surface area contributed by atoms with E-state index in [4.69, 9.17) is 14.5 Å². The summed E-state index contributed by atoms with van der Waals surface area (Å²) in [5.41, 5.74) is 4.11. The van der Waals surface area contributed by atoms with Crippen molar-refractivity contribution < 1.29 is 9.47 Å². The highest BCUT2D eigenvalue weighted by Crippen LogP contribution is 2.21. The molecular formula is C25H33N5O3. The van der Waals surface area contributed by atoms with Gasteiger partial charge in [-0.2, -0.15) is 0 Å². The van der Waals surface area contributed by atoms with Crippen LogP contribution in [-0.4, -0.2) is 72.0 Å². The normalized spacial score (nSPS) is 14.6. The van der Waals surface area contributed by atoms with Crippen LogP contribution >= 0.6 is 0 Å². The molecule has 8 nitrogen and oxygen atoms in total. The summed E-state index contributed by atoms with van der Waals surface area (Å²) >= 11 is 0. The van der Waals surface area contributed by atoms with E-state index in [0.29, 0.717) is 43.3 Å². The second-order valence-corrected chi connectivity index (χ2v) is 8.32. The van der Waals surface area contributed by atoms with Crippen molar-refractivity contribution in [1.82, 2.24) is 19.4 Å².